The van der Waals surface area contributed by atoms with Crippen LogP contribution in [0.2, 0.25) is 0 Å². The topological polar surface area (TPSA) is 72.6 Å². The molecule has 1 aromatic heterocycles. The number of rotatable bonds is 3. The van der Waals surface area contributed by atoms with Crippen molar-refractivity contribution in [2.24, 2.45) is 0 Å². The quantitative estimate of drug-likeness (QED) is 0.902. The Balaban J connectivity index is 2.58. The molecule has 0 aliphatic rings. The van der Waals surface area contributed by atoms with E-state index in [0.29, 0.717) is 17.1 Å². The number of aryl methyl sites for hydroxylation is 2. The fraction of sp³-hybridized carbons (Fsp3) is 0.231. The smallest absolute Gasteiger partial charge is 0.358 e. The lowest BCUT2D eigenvalue weighted by Crippen LogP contribution is -1.95. The van der Waals surface area contributed by atoms with Crippen LogP contribution < -0.4 is 4.74 Å². The van der Waals surface area contributed by atoms with Gasteiger partial charge in [-0.05, 0) is 31.0 Å². The summed E-state index contributed by atoms with van der Waals surface area (Å²) in [5.41, 5.74) is 2.58. The van der Waals surface area contributed by atoms with Crippen LogP contribution >= 0.6 is 0 Å². The first-order valence-corrected chi connectivity index (χ1v) is 5.38. The molecular weight excluding hydrogens is 234 g/mol. The third-order valence-electron chi connectivity index (χ3n) is 2.62. The van der Waals surface area contributed by atoms with Gasteiger partial charge in [-0.2, -0.15) is 0 Å². The lowest BCUT2D eigenvalue weighted by Gasteiger charge is -2.10. The van der Waals surface area contributed by atoms with Gasteiger partial charge in [0.05, 0.1) is 12.7 Å². The van der Waals surface area contributed by atoms with Gasteiger partial charge < -0.3 is 14.4 Å². The van der Waals surface area contributed by atoms with Gasteiger partial charge in [-0.3, -0.25) is 0 Å². The maximum atomic E-state index is 10.8. The van der Waals surface area contributed by atoms with Crippen molar-refractivity contribution in [3.63, 3.8) is 0 Å². The average Bonchev–Trinajstić information content (AvgIpc) is 2.77. The minimum absolute atomic E-state index is 0.119. The molecule has 0 atom stereocenters. The summed E-state index contributed by atoms with van der Waals surface area (Å²) in [4.78, 5) is 10.8. The summed E-state index contributed by atoms with van der Waals surface area (Å²) in [6.45, 7) is 3.87. The highest BCUT2D eigenvalue weighted by Gasteiger charge is 2.17. The minimum atomic E-state index is -1.12. The molecule has 0 saturated heterocycles. The Kier molecular flexibility index (Phi) is 3.06. The second-order valence-electron chi connectivity index (χ2n) is 4.04. The number of hydrogen-bond donors (Lipinski definition) is 1. The molecule has 0 aliphatic carbocycles. The predicted molar refractivity (Wildman–Crippen MR) is 64.9 cm³/mol. The minimum Gasteiger partial charge on any atom is -0.496 e. The molecule has 0 fully saturated rings. The third kappa shape index (κ3) is 2.07. The molecule has 0 spiro atoms. The number of methoxy groups -OCH3 is 1. The van der Waals surface area contributed by atoms with E-state index >= 15 is 0 Å². The normalized spacial score (nSPS) is 10.4. The fourth-order valence-electron chi connectivity index (χ4n) is 1.91. The maximum absolute atomic E-state index is 10.8. The first-order valence-electron chi connectivity index (χ1n) is 5.38. The Morgan fingerprint density at radius 2 is 2.06 bits per heavy atom. The van der Waals surface area contributed by atoms with Crippen LogP contribution in [0.3, 0.4) is 0 Å². The number of hydrogen-bond acceptors (Lipinski definition) is 4. The number of aromatic carboxylic acids is 1. The van der Waals surface area contributed by atoms with Gasteiger partial charge >= 0.3 is 5.97 Å². The molecule has 94 valence electrons. The number of ether oxygens (including phenoxy) is 1. The summed E-state index contributed by atoms with van der Waals surface area (Å²) < 4.78 is 10.4. The Hall–Kier alpha value is -2.30. The summed E-state index contributed by atoms with van der Waals surface area (Å²) in [7, 11) is 1.57. The van der Waals surface area contributed by atoms with E-state index in [1.807, 2.05) is 26.0 Å². The lowest BCUT2D eigenvalue weighted by molar-refractivity contribution is 0.0686. The summed E-state index contributed by atoms with van der Waals surface area (Å²) in [5, 5.41) is 12.3. The monoisotopic (exact) mass is 247 g/mol. The molecule has 1 N–H and O–H groups in total. The van der Waals surface area contributed by atoms with Gasteiger partial charge in [-0.15, -0.1) is 0 Å². The van der Waals surface area contributed by atoms with Gasteiger partial charge in [0.15, 0.2) is 11.5 Å². The van der Waals surface area contributed by atoms with Crippen LogP contribution in [0.25, 0.3) is 11.3 Å². The Morgan fingerprint density at radius 3 is 2.61 bits per heavy atom. The van der Waals surface area contributed by atoms with Crippen molar-refractivity contribution in [2.75, 3.05) is 7.11 Å². The van der Waals surface area contributed by atoms with Gasteiger partial charge in [-0.25, -0.2) is 4.79 Å². The zero-order valence-corrected chi connectivity index (χ0v) is 10.4. The van der Waals surface area contributed by atoms with Gasteiger partial charge in [0.25, 0.3) is 0 Å². The molecular formula is C13H13NO4. The fourth-order valence-corrected chi connectivity index (χ4v) is 1.91. The van der Waals surface area contributed by atoms with E-state index < -0.39 is 5.97 Å². The summed E-state index contributed by atoms with van der Waals surface area (Å²) in [6.07, 6.45) is 0. The van der Waals surface area contributed by atoms with Crippen molar-refractivity contribution in [3.05, 3.63) is 35.0 Å². The summed E-state index contributed by atoms with van der Waals surface area (Å²) in [5.74, 6) is -0.0712. The SMILES string of the molecule is COc1c(C)cc(C)cc1-c1cc(C(=O)O)no1. The molecule has 2 rings (SSSR count). The second-order valence-corrected chi connectivity index (χ2v) is 4.04. The molecule has 5 heteroatoms. The van der Waals surface area contributed by atoms with E-state index in [1.165, 1.54) is 6.07 Å². The van der Waals surface area contributed by atoms with Crippen LogP contribution in [0.5, 0.6) is 5.75 Å². The molecule has 5 nitrogen and oxygen atoms in total. The first-order chi connectivity index (χ1) is 8.52. The summed E-state index contributed by atoms with van der Waals surface area (Å²) >= 11 is 0. The van der Waals surface area contributed by atoms with Crippen LogP contribution in [-0.2, 0) is 0 Å². The van der Waals surface area contributed by atoms with E-state index in [2.05, 4.69) is 5.16 Å². The highest BCUT2D eigenvalue weighted by Crippen LogP contribution is 2.34. The van der Waals surface area contributed by atoms with E-state index in [0.717, 1.165) is 11.1 Å². The number of carboxylic acid groups (broad SMARTS) is 1. The number of nitrogens with zero attached hydrogens (tertiary/aromatic N) is 1. The standard InChI is InChI=1S/C13H13NO4/c1-7-4-8(2)12(17-3)9(5-7)11-6-10(13(15)16)14-18-11/h4-6H,1-3H3,(H,15,16). The Bertz CT molecular complexity index is 601. The van der Waals surface area contributed by atoms with Crippen LogP contribution in [0, 0.1) is 13.8 Å². The van der Waals surface area contributed by atoms with Crippen molar-refractivity contribution in [1.29, 1.82) is 0 Å². The van der Waals surface area contributed by atoms with Crippen LogP contribution in [-0.4, -0.2) is 23.3 Å². The number of carbonyl (C=O) groups is 1. The molecule has 0 aliphatic heterocycles. The Labute approximate surface area is 104 Å². The van der Waals surface area contributed by atoms with Crippen molar-refractivity contribution < 1.29 is 19.2 Å². The van der Waals surface area contributed by atoms with Crippen molar-refractivity contribution in [1.82, 2.24) is 5.16 Å². The van der Waals surface area contributed by atoms with Crippen molar-refractivity contribution in [3.8, 4) is 17.1 Å². The number of benzene rings is 1. The van der Waals surface area contributed by atoms with E-state index in [9.17, 15) is 4.79 Å². The van der Waals surface area contributed by atoms with Crippen molar-refractivity contribution >= 4 is 5.97 Å². The molecule has 0 saturated carbocycles. The second kappa shape index (κ2) is 4.52. The number of carboxylic acids is 1. The van der Waals surface area contributed by atoms with Gasteiger partial charge in [-0.1, -0.05) is 11.2 Å². The molecule has 1 heterocycles. The summed E-state index contributed by atoms with van der Waals surface area (Å²) in [6, 6.07) is 5.24. The molecule has 0 amide bonds. The predicted octanol–water partition coefficient (Wildman–Crippen LogP) is 2.67. The van der Waals surface area contributed by atoms with E-state index in [1.54, 1.807) is 7.11 Å². The van der Waals surface area contributed by atoms with Crippen LogP contribution in [0.15, 0.2) is 22.7 Å². The molecule has 18 heavy (non-hydrogen) atoms. The largest absolute Gasteiger partial charge is 0.496 e. The molecule has 0 radical (unpaired) electrons. The number of aromatic nitrogens is 1. The van der Waals surface area contributed by atoms with Crippen LogP contribution in [0.1, 0.15) is 21.6 Å². The third-order valence-corrected chi connectivity index (χ3v) is 2.62. The van der Waals surface area contributed by atoms with E-state index in [4.69, 9.17) is 14.4 Å². The van der Waals surface area contributed by atoms with Gasteiger partial charge in [0.1, 0.15) is 5.75 Å². The molecule has 0 bridgehead atoms. The van der Waals surface area contributed by atoms with E-state index in [-0.39, 0.29) is 5.69 Å². The maximum Gasteiger partial charge on any atom is 0.358 e. The average molecular weight is 247 g/mol. The van der Waals surface area contributed by atoms with Gasteiger partial charge in [0.2, 0.25) is 0 Å². The zero-order valence-electron chi connectivity index (χ0n) is 10.4. The molecule has 1 aromatic carbocycles. The zero-order chi connectivity index (χ0) is 13.3. The first kappa shape index (κ1) is 12.2. The van der Waals surface area contributed by atoms with Gasteiger partial charge in [0, 0.05) is 6.07 Å². The highest BCUT2D eigenvalue weighted by atomic mass is 16.5. The van der Waals surface area contributed by atoms with Crippen LogP contribution in [0.4, 0.5) is 0 Å². The Morgan fingerprint density at radius 1 is 1.33 bits per heavy atom. The highest BCUT2D eigenvalue weighted by molar-refractivity contribution is 5.87. The molecule has 2 aromatic rings. The lowest BCUT2D eigenvalue weighted by atomic mass is 10.0. The molecule has 0 unspecified atom stereocenters. The van der Waals surface area contributed by atoms with Crippen molar-refractivity contribution in [2.45, 2.75) is 13.8 Å².